The van der Waals surface area contributed by atoms with Crippen LogP contribution in [-0.4, -0.2) is 29.7 Å². The molecule has 0 saturated carbocycles. The first kappa shape index (κ1) is 15.5. The molecule has 2 atom stereocenters. The number of halogens is 1. The van der Waals surface area contributed by atoms with Gasteiger partial charge in [0, 0.05) is 12.2 Å². The second-order valence-electron chi connectivity index (χ2n) is 5.42. The summed E-state index contributed by atoms with van der Waals surface area (Å²) in [5.41, 5.74) is 0.643. The first-order valence-corrected chi connectivity index (χ1v) is 7.36. The number of aliphatic hydroxyl groups excluding tert-OH is 1. The number of carbonyl (C=O) groups excluding carboxylic acids is 1. The minimum atomic E-state index is -0.475. The summed E-state index contributed by atoms with van der Waals surface area (Å²) in [5.74, 6) is 0.631. The molecule has 3 N–H and O–H groups in total. The fourth-order valence-electron chi connectivity index (χ4n) is 2.39. The van der Waals surface area contributed by atoms with Crippen molar-refractivity contribution in [1.82, 2.24) is 5.32 Å². The topological polar surface area (TPSA) is 70.6 Å². The fourth-order valence-corrected chi connectivity index (χ4v) is 2.39. The molecule has 1 saturated heterocycles. The number of carbonyl (C=O) groups is 1. The molecule has 0 unspecified atom stereocenters. The van der Waals surface area contributed by atoms with E-state index in [4.69, 9.17) is 4.74 Å². The Balaban J connectivity index is 1.58. The van der Waals surface area contributed by atoms with Gasteiger partial charge in [0.05, 0.1) is 12.1 Å². The highest BCUT2D eigenvalue weighted by Crippen LogP contribution is 2.23. The number of hydrogen-bond acceptors (Lipinski definition) is 4. The van der Waals surface area contributed by atoms with Crippen LogP contribution in [0.5, 0.6) is 11.5 Å². The van der Waals surface area contributed by atoms with E-state index in [0.717, 1.165) is 0 Å². The van der Waals surface area contributed by atoms with E-state index in [2.05, 4.69) is 10.6 Å². The van der Waals surface area contributed by atoms with Gasteiger partial charge >= 0.3 is 0 Å². The van der Waals surface area contributed by atoms with Gasteiger partial charge in [-0.25, -0.2) is 4.39 Å². The molecule has 120 valence electrons. The quantitative estimate of drug-likeness (QED) is 0.809. The molecule has 1 aliphatic heterocycles. The zero-order valence-electron chi connectivity index (χ0n) is 12.3. The van der Waals surface area contributed by atoms with Crippen molar-refractivity contribution in [2.75, 3.05) is 11.9 Å². The van der Waals surface area contributed by atoms with Gasteiger partial charge < -0.3 is 20.5 Å². The van der Waals surface area contributed by atoms with Crippen LogP contribution in [0.3, 0.4) is 0 Å². The van der Waals surface area contributed by atoms with E-state index in [1.165, 1.54) is 12.1 Å². The average Bonchev–Trinajstić information content (AvgIpc) is 2.98. The molecule has 2 aromatic carbocycles. The molecule has 0 aromatic heterocycles. The predicted molar refractivity (Wildman–Crippen MR) is 84.0 cm³/mol. The van der Waals surface area contributed by atoms with E-state index in [9.17, 15) is 14.3 Å². The van der Waals surface area contributed by atoms with E-state index in [-0.39, 0.29) is 17.8 Å². The third-order valence-corrected chi connectivity index (χ3v) is 3.60. The standard InChI is InChI=1S/C17H17FN2O3/c18-11-1-5-14(6-2-11)23-15-7-3-12(4-8-15)20-17(22)16-9-13(21)10-19-16/h1-8,13,16,19,21H,9-10H2,(H,20,22)/t13-,16-/m0/s1. The summed E-state index contributed by atoms with van der Waals surface area (Å²) in [6.45, 7) is 0.433. The summed E-state index contributed by atoms with van der Waals surface area (Å²) in [7, 11) is 0. The number of ether oxygens (including phenoxy) is 1. The largest absolute Gasteiger partial charge is 0.457 e. The molecule has 23 heavy (non-hydrogen) atoms. The van der Waals surface area contributed by atoms with Crippen molar-refractivity contribution in [2.45, 2.75) is 18.6 Å². The molecule has 0 aliphatic carbocycles. The van der Waals surface area contributed by atoms with Gasteiger partial charge in [0.2, 0.25) is 5.91 Å². The van der Waals surface area contributed by atoms with Crippen molar-refractivity contribution in [2.24, 2.45) is 0 Å². The third-order valence-electron chi connectivity index (χ3n) is 3.60. The monoisotopic (exact) mass is 316 g/mol. The third kappa shape index (κ3) is 4.06. The van der Waals surface area contributed by atoms with Crippen molar-refractivity contribution in [3.63, 3.8) is 0 Å². The highest BCUT2D eigenvalue weighted by Gasteiger charge is 2.27. The molecule has 1 fully saturated rings. The molecule has 3 rings (SSSR count). The maximum absolute atomic E-state index is 12.8. The van der Waals surface area contributed by atoms with Crippen LogP contribution in [0, 0.1) is 5.82 Å². The van der Waals surface area contributed by atoms with Gasteiger partial charge in [-0.3, -0.25) is 4.79 Å². The summed E-state index contributed by atoms with van der Waals surface area (Å²) in [4.78, 5) is 12.0. The smallest absolute Gasteiger partial charge is 0.241 e. The molecular formula is C17H17FN2O3. The molecule has 1 amide bonds. The van der Waals surface area contributed by atoms with Crippen LogP contribution >= 0.6 is 0 Å². The normalized spacial score (nSPS) is 20.3. The maximum Gasteiger partial charge on any atom is 0.241 e. The molecule has 0 spiro atoms. The van der Waals surface area contributed by atoms with Crippen LogP contribution in [0.25, 0.3) is 0 Å². The molecule has 0 radical (unpaired) electrons. The lowest BCUT2D eigenvalue weighted by Gasteiger charge is -2.11. The van der Waals surface area contributed by atoms with Crippen LogP contribution in [0.1, 0.15) is 6.42 Å². The molecule has 0 bridgehead atoms. The van der Waals surface area contributed by atoms with E-state index in [1.54, 1.807) is 36.4 Å². The van der Waals surface area contributed by atoms with Gasteiger partial charge in [0.15, 0.2) is 0 Å². The van der Waals surface area contributed by atoms with Crippen molar-refractivity contribution in [3.05, 3.63) is 54.3 Å². The Bertz CT molecular complexity index is 673. The Kier molecular flexibility index (Phi) is 4.55. The van der Waals surface area contributed by atoms with Crippen molar-refractivity contribution in [1.29, 1.82) is 0 Å². The van der Waals surface area contributed by atoms with Gasteiger partial charge in [-0.15, -0.1) is 0 Å². The number of aliphatic hydroxyl groups is 1. The number of anilines is 1. The van der Waals surface area contributed by atoms with Crippen molar-refractivity contribution >= 4 is 11.6 Å². The molecule has 1 aliphatic rings. The lowest BCUT2D eigenvalue weighted by molar-refractivity contribution is -0.117. The zero-order valence-corrected chi connectivity index (χ0v) is 12.3. The van der Waals surface area contributed by atoms with E-state index >= 15 is 0 Å². The Hall–Kier alpha value is -2.44. The SMILES string of the molecule is O=C(Nc1ccc(Oc2ccc(F)cc2)cc1)[C@@H]1C[C@H](O)CN1. The first-order chi connectivity index (χ1) is 11.1. The summed E-state index contributed by atoms with van der Waals surface area (Å²) >= 11 is 0. The van der Waals surface area contributed by atoms with Gasteiger partial charge in [0.25, 0.3) is 0 Å². The summed E-state index contributed by atoms with van der Waals surface area (Å²) in [6.07, 6.45) is -0.0605. The van der Waals surface area contributed by atoms with Crippen LogP contribution in [0.4, 0.5) is 10.1 Å². The highest BCUT2D eigenvalue weighted by molar-refractivity contribution is 5.95. The molecule has 6 heteroatoms. The van der Waals surface area contributed by atoms with E-state index in [0.29, 0.717) is 30.2 Å². The second-order valence-corrected chi connectivity index (χ2v) is 5.42. The Morgan fingerprint density at radius 3 is 2.30 bits per heavy atom. The summed E-state index contributed by atoms with van der Waals surface area (Å²) in [5, 5.41) is 15.2. The minimum Gasteiger partial charge on any atom is -0.457 e. The summed E-state index contributed by atoms with van der Waals surface area (Å²) < 4.78 is 18.4. The molecule has 2 aromatic rings. The van der Waals surface area contributed by atoms with Crippen molar-refractivity contribution < 1.29 is 19.0 Å². The highest BCUT2D eigenvalue weighted by atomic mass is 19.1. The zero-order chi connectivity index (χ0) is 16.2. The van der Waals surface area contributed by atoms with Gasteiger partial charge in [0.1, 0.15) is 17.3 Å². The Labute approximate surface area is 133 Å². The Morgan fingerprint density at radius 2 is 1.74 bits per heavy atom. The summed E-state index contributed by atoms with van der Waals surface area (Å²) in [6, 6.07) is 12.3. The maximum atomic E-state index is 12.8. The van der Waals surface area contributed by atoms with Crippen LogP contribution < -0.4 is 15.4 Å². The van der Waals surface area contributed by atoms with Gasteiger partial charge in [-0.2, -0.15) is 0 Å². The van der Waals surface area contributed by atoms with Crippen LogP contribution in [0.2, 0.25) is 0 Å². The Morgan fingerprint density at radius 1 is 1.13 bits per heavy atom. The molecular weight excluding hydrogens is 299 g/mol. The van der Waals surface area contributed by atoms with Crippen LogP contribution in [0.15, 0.2) is 48.5 Å². The van der Waals surface area contributed by atoms with Gasteiger partial charge in [-0.1, -0.05) is 0 Å². The van der Waals surface area contributed by atoms with Gasteiger partial charge in [-0.05, 0) is 55.0 Å². The average molecular weight is 316 g/mol. The number of benzene rings is 2. The fraction of sp³-hybridized carbons (Fsp3) is 0.235. The van der Waals surface area contributed by atoms with Crippen molar-refractivity contribution in [3.8, 4) is 11.5 Å². The molecule has 1 heterocycles. The lowest BCUT2D eigenvalue weighted by Crippen LogP contribution is -2.35. The number of amides is 1. The number of rotatable bonds is 4. The number of β-amino-alcohol motifs (C(OH)–C–C–N with tert-alkyl or cyclic N) is 1. The van der Waals surface area contributed by atoms with Crippen LogP contribution in [-0.2, 0) is 4.79 Å². The number of nitrogens with one attached hydrogen (secondary N) is 2. The second kappa shape index (κ2) is 6.76. The first-order valence-electron chi connectivity index (χ1n) is 7.36. The molecule has 5 nitrogen and oxygen atoms in total. The minimum absolute atomic E-state index is 0.172. The number of hydrogen-bond donors (Lipinski definition) is 3. The predicted octanol–water partition coefficient (Wildman–Crippen LogP) is 2.28. The van der Waals surface area contributed by atoms with E-state index < -0.39 is 6.10 Å². The van der Waals surface area contributed by atoms with E-state index in [1.807, 2.05) is 0 Å². The lowest BCUT2D eigenvalue weighted by atomic mass is 10.2.